The summed E-state index contributed by atoms with van der Waals surface area (Å²) in [5.74, 6) is -0.202. The lowest BCUT2D eigenvalue weighted by molar-refractivity contribution is 0.0964. The van der Waals surface area contributed by atoms with Gasteiger partial charge in [-0.05, 0) is 37.3 Å². The molecule has 1 unspecified atom stereocenters. The summed E-state index contributed by atoms with van der Waals surface area (Å²) in [4.78, 5) is 12.7. The van der Waals surface area contributed by atoms with Crippen LogP contribution in [0.5, 0.6) is 0 Å². The lowest BCUT2D eigenvalue weighted by atomic mass is 9.99. The van der Waals surface area contributed by atoms with Crippen LogP contribution in [0.2, 0.25) is 0 Å². The number of carbonyl (C=O) groups is 1. The maximum atomic E-state index is 13.4. The van der Waals surface area contributed by atoms with E-state index in [0.717, 1.165) is 16.9 Å². The smallest absolute Gasteiger partial charge is 0.255 e. The number of carbonyl (C=O) groups excluding carboxylic acids is 1. The molecule has 146 valence electrons. The van der Waals surface area contributed by atoms with Gasteiger partial charge in [0.1, 0.15) is 17.2 Å². The van der Waals surface area contributed by atoms with Crippen LogP contribution in [0.25, 0.3) is 22.3 Å². The van der Waals surface area contributed by atoms with E-state index in [1.54, 1.807) is 25.4 Å². The van der Waals surface area contributed by atoms with Crippen molar-refractivity contribution in [3.05, 3.63) is 65.2 Å². The Morgan fingerprint density at radius 3 is 2.86 bits per heavy atom. The Labute approximate surface area is 165 Å². The molecular formula is C21H18FN5O2. The minimum Gasteiger partial charge on any atom is -0.455 e. The van der Waals surface area contributed by atoms with Gasteiger partial charge in [-0.15, -0.1) is 5.10 Å². The SMILES string of the molecule is CNC(=O)c1c(-c2ccc(F)cc2)oc2cc3c(cc12)C(C)n1nncc1CN3. The van der Waals surface area contributed by atoms with E-state index < -0.39 is 0 Å². The molecule has 1 aliphatic rings. The Hall–Kier alpha value is -3.68. The van der Waals surface area contributed by atoms with Crippen molar-refractivity contribution in [3.63, 3.8) is 0 Å². The second-order valence-electron chi connectivity index (χ2n) is 7.03. The minimum atomic E-state index is -0.347. The first-order valence-electron chi connectivity index (χ1n) is 9.28. The summed E-state index contributed by atoms with van der Waals surface area (Å²) in [5, 5.41) is 15.0. The Kier molecular flexibility index (Phi) is 3.87. The number of aromatic nitrogens is 3. The van der Waals surface area contributed by atoms with Gasteiger partial charge >= 0.3 is 0 Å². The molecule has 2 aromatic heterocycles. The van der Waals surface area contributed by atoms with Crippen molar-refractivity contribution in [2.75, 3.05) is 12.4 Å². The first kappa shape index (κ1) is 17.4. The van der Waals surface area contributed by atoms with E-state index in [-0.39, 0.29) is 17.8 Å². The van der Waals surface area contributed by atoms with Crippen LogP contribution in [0.3, 0.4) is 0 Å². The lowest BCUT2D eigenvalue weighted by Gasteiger charge is -2.14. The van der Waals surface area contributed by atoms with Gasteiger partial charge in [0, 0.05) is 35.3 Å². The standard InChI is InChI=1S/C21H18FN5O2/c1-11-15-7-16-18(8-17(15)24-9-14-10-25-26-27(11)14)29-20(19(16)21(28)23-2)12-3-5-13(22)6-4-12/h3-8,10-11,24H,9H2,1-2H3,(H,23,28). The maximum absolute atomic E-state index is 13.4. The van der Waals surface area contributed by atoms with E-state index in [4.69, 9.17) is 4.42 Å². The zero-order valence-electron chi connectivity index (χ0n) is 15.9. The van der Waals surface area contributed by atoms with Gasteiger partial charge in [0.05, 0.1) is 30.0 Å². The van der Waals surface area contributed by atoms with Gasteiger partial charge in [0.2, 0.25) is 0 Å². The molecule has 2 N–H and O–H groups in total. The zero-order valence-corrected chi connectivity index (χ0v) is 15.9. The molecule has 0 aliphatic carbocycles. The molecule has 1 aliphatic heterocycles. The van der Waals surface area contributed by atoms with Crippen LogP contribution in [0.15, 0.2) is 47.0 Å². The minimum absolute atomic E-state index is 0.0661. The molecule has 5 rings (SSSR count). The fraction of sp³-hybridized carbons (Fsp3) is 0.190. The Morgan fingerprint density at radius 2 is 2.10 bits per heavy atom. The van der Waals surface area contributed by atoms with Crippen molar-refractivity contribution < 1.29 is 13.6 Å². The molecule has 8 heteroatoms. The molecule has 7 nitrogen and oxygen atoms in total. The number of rotatable bonds is 2. The third-order valence-corrected chi connectivity index (χ3v) is 5.35. The number of nitrogens with zero attached hydrogens (tertiary/aromatic N) is 3. The van der Waals surface area contributed by atoms with E-state index in [9.17, 15) is 9.18 Å². The van der Waals surface area contributed by atoms with Crippen molar-refractivity contribution in [2.45, 2.75) is 19.5 Å². The Balaban J connectivity index is 1.75. The summed E-state index contributed by atoms with van der Waals surface area (Å²) < 4.78 is 21.3. The normalized spacial score (nSPS) is 15.3. The fourth-order valence-electron chi connectivity index (χ4n) is 3.85. The first-order chi connectivity index (χ1) is 14.1. The second-order valence-corrected chi connectivity index (χ2v) is 7.03. The van der Waals surface area contributed by atoms with E-state index in [2.05, 4.69) is 20.9 Å². The number of nitrogens with one attached hydrogen (secondary N) is 2. The topological polar surface area (TPSA) is 85.0 Å². The third kappa shape index (κ3) is 2.67. The van der Waals surface area contributed by atoms with Gasteiger partial charge in [0.25, 0.3) is 5.91 Å². The van der Waals surface area contributed by atoms with Gasteiger partial charge in [-0.1, -0.05) is 5.21 Å². The molecule has 1 atom stereocenters. The molecule has 4 aromatic rings. The van der Waals surface area contributed by atoms with Gasteiger partial charge in [-0.3, -0.25) is 4.79 Å². The molecule has 0 fully saturated rings. The number of benzene rings is 2. The summed E-state index contributed by atoms with van der Waals surface area (Å²) >= 11 is 0. The Bertz CT molecular complexity index is 1240. The average Bonchev–Trinajstić information content (AvgIpc) is 3.32. The Morgan fingerprint density at radius 1 is 1.31 bits per heavy atom. The summed E-state index contributed by atoms with van der Waals surface area (Å²) in [5.41, 5.74) is 4.52. The van der Waals surface area contributed by atoms with Crippen LogP contribution in [-0.2, 0) is 6.54 Å². The first-order valence-corrected chi connectivity index (χ1v) is 9.28. The predicted molar refractivity (Wildman–Crippen MR) is 106 cm³/mol. The zero-order chi connectivity index (χ0) is 20.1. The van der Waals surface area contributed by atoms with E-state index in [1.807, 2.05) is 23.7 Å². The van der Waals surface area contributed by atoms with Crippen LogP contribution in [-0.4, -0.2) is 27.9 Å². The predicted octanol–water partition coefficient (Wildman–Crippen LogP) is 3.72. The average molecular weight is 391 g/mol. The molecule has 0 saturated heterocycles. The summed E-state index contributed by atoms with van der Waals surface area (Å²) in [6.07, 6.45) is 1.74. The summed E-state index contributed by atoms with van der Waals surface area (Å²) in [7, 11) is 1.57. The van der Waals surface area contributed by atoms with Gasteiger partial charge in [-0.2, -0.15) is 0 Å². The molecule has 1 amide bonds. The van der Waals surface area contributed by atoms with Crippen LogP contribution in [0.1, 0.15) is 34.6 Å². The van der Waals surface area contributed by atoms with Crippen molar-refractivity contribution in [3.8, 4) is 11.3 Å². The second kappa shape index (κ2) is 6.44. The number of amides is 1. The molecule has 0 bridgehead atoms. The summed E-state index contributed by atoms with van der Waals surface area (Å²) in [6, 6.07) is 9.70. The highest BCUT2D eigenvalue weighted by Gasteiger charge is 2.26. The van der Waals surface area contributed by atoms with E-state index in [1.165, 1.54) is 12.1 Å². The van der Waals surface area contributed by atoms with Crippen LogP contribution >= 0.6 is 0 Å². The van der Waals surface area contributed by atoms with E-state index >= 15 is 0 Å². The molecule has 2 aromatic carbocycles. The van der Waals surface area contributed by atoms with Crippen LogP contribution in [0, 0.1) is 5.82 Å². The quantitative estimate of drug-likeness (QED) is 0.544. The molecule has 0 saturated carbocycles. The van der Waals surface area contributed by atoms with Gasteiger partial charge < -0.3 is 15.1 Å². The van der Waals surface area contributed by atoms with E-state index in [0.29, 0.717) is 34.4 Å². The molecular weight excluding hydrogens is 373 g/mol. The maximum Gasteiger partial charge on any atom is 0.255 e. The van der Waals surface area contributed by atoms with Crippen LogP contribution in [0.4, 0.5) is 10.1 Å². The molecule has 0 radical (unpaired) electrons. The molecule has 0 spiro atoms. The number of fused-ring (bicyclic) bond motifs is 3. The highest BCUT2D eigenvalue weighted by molar-refractivity contribution is 6.11. The third-order valence-electron chi connectivity index (χ3n) is 5.35. The van der Waals surface area contributed by atoms with Crippen molar-refractivity contribution >= 4 is 22.6 Å². The number of halogens is 1. The van der Waals surface area contributed by atoms with Crippen LogP contribution < -0.4 is 10.6 Å². The van der Waals surface area contributed by atoms with Crippen molar-refractivity contribution in [1.29, 1.82) is 0 Å². The highest BCUT2D eigenvalue weighted by atomic mass is 19.1. The van der Waals surface area contributed by atoms with Gasteiger partial charge in [0.15, 0.2) is 0 Å². The highest BCUT2D eigenvalue weighted by Crippen LogP contribution is 2.39. The monoisotopic (exact) mass is 391 g/mol. The molecule has 29 heavy (non-hydrogen) atoms. The van der Waals surface area contributed by atoms with Crippen molar-refractivity contribution in [2.24, 2.45) is 0 Å². The summed E-state index contributed by atoms with van der Waals surface area (Å²) in [6.45, 7) is 2.63. The molecule has 3 heterocycles. The number of furan rings is 1. The fourth-order valence-corrected chi connectivity index (χ4v) is 3.85. The largest absolute Gasteiger partial charge is 0.455 e. The number of anilines is 1. The number of hydrogen-bond acceptors (Lipinski definition) is 5. The lowest BCUT2D eigenvalue weighted by Crippen LogP contribution is -2.18. The number of hydrogen-bond donors (Lipinski definition) is 2. The van der Waals surface area contributed by atoms with Gasteiger partial charge in [-0.25, -0.2) is 9.07 Å². The van der Waals surface area contributed by atoms with Crippen molar-refractivity contribution in [1.82, 2.24) is 20.3 Å².